The quantitative estimate of drug-likeness (QED) is 0.340. The first-order valence-corrected chi connectivity index (χ1v) is 7.82. The van der Waals surface area contributed by atoms with Gasteiger partial charge in [0, 0.05) is 13.1 Å². The van der Waals surface area contributed by atoms with Gasteiger partial charge in [0.25, 0.3) is 0 Å². The van der Waals surface area contributed by atoms with Crippen molar-refractivity contribution in [3.05, 3.63) is 0 Å². The monoisotopic (exact) mass is 281 g/mol. The van der Waals surface area contributed by atoms with Gasteiger partial charge in [-0.15, -0.1) is 12.4 Å². The summed E-state index contributed by atoms with van der Waals surface area (Å²) in [4.78, 5) is 0. The van der Waals surface area contributed by atoms with E-state index in [2.05, 4.69) is 27.9 Å². The second kappa shape index (κ2) is 16.7. The van der Waals surface area contributed by atoms with Gasteiger partial charge in [-0.05, 0) is 12.8 Å². The van der Waals surface area contributed by atoms with Crippen molar-refractivity contribution in [2.75, 3.05) is 13.1 Å². The van der Waals surface area contributed by atoms with E-state index in [1.807, 2.05) is 0 Å². The molecule has 0 aliphatic rings. The van der Waals surface area contributed by atoms with Crippen LogP contribution in [0.3, 0.4) is 0 Å². The molecule has 0 heterocycles. The van der Waals surface area contributed by atoms with Crippen molar-refractivity contribution in [3.63, 3.8) is 0 Å². The van der Waals surface area contributed by atoms with Gasteiger partial charge in [-0.3, -0.25) is 4.67 Å². The normalized spacial score (nSPS) is 10.6. The van der Waals surface area contributed by atoms with Gasteiger partial charge in [0.05, 0.1) is 0 Å². The molecule has 1 atom stereocenters. The first-order chi connectivity index (χ1) is 7.81. The van der Waals surface area contributed by atoms with E-state index < -0.39 is 0 Å². The van der Waals surface area contributed by atoms with Gasteiger partial charge in [0.15, 0.2) is 0 Å². The van der Waals surface area contributed by atoms with E-state index in [1.54, 1.807) is 0 Å². The maximum absolute atomic E-state index is 2.89. The molecule has 0 spiro atoms. The summed E-state index contributed by atoms with van der Waals surface area (Å²) in [6, 6.07) is 0. The Hall–Kier alpha value is 0.680. The van der Waals surface area contributed by atoms with Crippen molar-refractivity contribution >= 4 is 21.8 Å². The lowest BCUT2D eigenvalue weighted by atomic mass is 10.1. The molecule has 1 nitrogen and oxygen atoms in total. The summed E-state index contributed by atoms with van der Waals surface area (Å²) < 4.78 is 2.43. The molecule has 0 fully saturated rings. The molecule has 0 N–H and O–H groups in total. The smallest absolute Gasteiger partial charge is 0.00161 e. The molecule has 106 valence electrons. The van der Waals surface area contributed by atoms with Crippen molar-refractivity contribution in [1.82, 2.24) is 4.67 Å². The van der Waals surface area contributed by atoms with Crippen LogP contribution in [0, 0.1) is 0 Å². The molecule has 0 saturated heterocycles. The van der Waals surface area contributed by atoms with Crippen LogP contribution in [0.4, 0.5) is 0 Å². The molecular formula is C14H33ClNP. The van der Waals surface area contributed by atoms with Crippen molar-refractivity contribution in [2.45, 2.75) is 78.1 Å². The van der Waals surface area contributed by atoms with Gasteiger partial charge in [0.2, 0.25) is 0 Å². The third-order valence-corrected chi connectivity index (χ3v) is 3.61. The van der Waals surface area contributed by atoms with Gasteiger partial charge in [-0.1, -0.05) is 74.6 Å². The zero-order valence-electron chi connectivity index (χ0n) is 11.9. The largest absolute Gasteiger partial charge is 0.287 e. The molecule has 0 aliphatic heterocycles. The number of hydrogen-bond acceptors (Lipinski definition) is 1. The highest BCUT2D eigenvalue weighted by Crippen LogP contribution is 2.09. The van der Waals surface area contributed by atoms with Crippen LogP contribution in [0.2, 0.25) is 0 Å². The van der Waals surface area contributed by atoms with Crippen LogP contribution < -0.4 is 0 Å². The minimum absolute atomic E-state index is 0. The lowest BCUT2D eigenvalue weighted by Crippen LogP contribution is -2.14. The fourth-order valence-corrected chi connectivity index (χ4v) is 2.31. The van der Waals surface area contributed by atoms with E-state index in [0.29, 0.717) is 0 Å². The second-order valence-electron chi connectivity index (χ2n) is 4.86. The van der Waals surface area contributed by atoms with Crippen molar-refractivity contribution < 1.29 is 0 Å². The molecule has 0 aromatic rings. The Morgan fingerprint density at radius 1 is 0.647 bits per heavy atom. The second-order valence-corrected chi connectivity index (χ2v) is 5.59. The number of nitrogens with zero attached hydrogens (tertiary/aromatic N) is 1. The van der Waals surface area contributed by atoms with E-state index in [9.17, 15) is 0 Å². The van der Waals surface area contributed by atoms with Crippen LogP contribution in [0.5, 0.6) is 0 Å². The van der Waals surface area contributed by atoms with Gasteiger partial charge >= 0.3 is 0 Å². The van der Waals surface area contributed by atoms with Crippen LogP contribution in [-0.2, 0) is 0 Å². The Labute approximate surface area is 118 Å². The molecule has 0 bridgehead atoms. The summed E-state index contributed by atoms with van der Waals surface area (Å²) in [6.07, 6.45) is 13.9. The molecule has 0 saturated carbocycles. The fourth-order valence-electron chi connectivity index (χ4n) is 1.95. The predicted molar refractivity (Wildman–Crippen MR) is 86.0 cm³/mol. The van der Waals surface area contributed by atoms with Gasteiger partial charge in [-0.2, -0.15) is 0 Å². The Balaban J connectivity index is 0. The fraction of sp³-hybridized carbons (Fsp3) is 1.00. The van der Waals surface area contributed by atoms with Gasteiger partial charge < -0.3 is 0 Å². The van der Waals surface area contributed by atoms with Crippen LogP contribution in [0.25, 0.3) is 0 Å². The van der Waals surface area contributed by atoms with E-state index in [-0.39, 0.29) is 12.4 Å². The Bertz CT molecular complexity index is 119. The molecule has 1 unspecified atom stereocenters. The standard InChI is InChI=1S/C14H32NP.ClH/c1-3-5-7-9-11-13-15(16)14-12-10-8-6-4-2;/h3-14,16H2,1-2H3;1H. The highest BCUT2D eigenvalue weighted by Gasteiger charge is 1.98. The average Bonchev–Trinajstić information content (AvgIpc) is 2.28. The first kappa shape index (κ1) is 20.0. The van der Waals surface area contributed by atoms with Gasteiger partial charge in [0.1, 0.15) is 0 Å². The number of hydrogen-bond donors (Lipinski definition) is 0. The topological polar surface area (TPSA) is 3.24 Å². The van der Waals surface area contributed by atoms with Crippen LogP contribution >= 0.6 is 21.8 Å². The Kier molecular flexibility index (Phi) is 19.6. The van der Waals surface area contributed by atoms with Crippen LogP contribution in [-0.4, -0.2) is 17.8 Å². The Morgan fingerprint density at radius 3 is 1.35 bits per heavy atom. The lowest BCUT2D eigenvalue weighted by Gasteiger charge is -2.15. The maximum atomic E-state index is 2.89. The summed E-state index contributed by atoms with van der Waals surface area (Å²) >= 11 is 0. The summed E-state index contributed by atoms with van der Waals surface area (Å²) in [6.45, 7) is 7.08. The van der Waals surface area contributed by atoms with E-state index in [0.717, 1.165) is 0 Å². The molecule has 17 heavy (non-hydrogen) atoms. The van der Waals surface area contributed by atoms with Crippen LogP contribution in [0.1, 0.15) is 78.1 Å². The Morgan fingerprint density at radius 2 is 1.00 bits per heavy atom. The summed E-state index contributed by atoms with van der Waals surface area (Å²) in [5, 5.41) is 0. The predicted octanol–water partition coefficient (Wildman–Crippen LogP) is 5.44. The molecule has 0 amide bonds. The van der Waals surface area contributed by atoms with E-state index in [1.165, 1.54) is 77.3 Å². The lowest BCUT2D eigenvalue weighted by molar-refractivity contribution is 0.425. The van der Waals surface area contributed by atoms with E-state index in [4.69, 9.17) is 0 Å². The van der Waals surface area contributed by atoms with E-state index >= 15 is 0 Å². The van der Waals surface area contributed by atoms with Crippen LogP contribution in [0.15, 0.2) is 0 Å². The molecule has 3 heteroatoms. The summed E-state index contributed by atoms with van der Waals surface area (Å²) in [7, 11) is 2.89. The third kappa shape index (κ3) is 16.7. The zero-order valence-corrected chi connectivity index (χ0v) is 13.9. The number of halogens is 1. The highest BCUT2D eigenvalue weighted by atomic mass is 35.5. The molecule has 0 aromatic carbocycles. The minimum atomic E-state index is 0. The summed E-state index contributed by atoms with van der Waals surface area (Å²) in [5.41, 5.74) is 0. The van der Waals surface area contributed by atoms with Crippen molar-refractivity contribution in [1.29, 1.82) is 0 Å². The summed E-state index contributed by atoms with van der Waals surface area (Å²) in [5.74, 6) is 0. The van der Waals surface area contributed by atoms with Crippen molar-refractivity contribution in [2.24, 2.45) is 0 Å². The minimum Gasteiger partial charge on any atom is -0.287 e. The number of rotatable bonds is 12. The average molecular weight is 282 g/mol. The highest BCUT2D eigenvalue weighted by molar-refractivity contribution is 7.13. The third-order valence-electron chi connectivity index (χ3n) is 3.10. The van der Waals surface area contributed by atoms with Gasteiger partial charge in [-0.25, -0.2) is 0 Å². The first-order valence-electron chi connectivity index (χ1n) is 7.30. The molecule has 0 rings (SSSR count). The van der Waals surface area contributed by atoms with Crippen molar-refractivity contribution in [3.8, 4) is 0 Å². The molecule has 0 aliphatic carbocycles. The SMILES string of the molecule is CCCCCCCN(P)CCCCCCC.Cl. The maximum Gasteiger partial charge on any atom is 0.00161 e. The number of unbranched alkanes of at least 4 members (excludes halogenated alkanes) is 8. The molecule has 0 aromatic heterocycles. The molecule has 0 radical (unpaired) electrons. The zero-order chi connectivity index (χ0) is 12.1. The molecular weight excluding hydrogens is 249 g/mol.